The van der Waals surface area contributed by atoms with Gasteiger partial charge in [-0.25, -0.2) is 0 Å². The molecular weight excluding hydrogens is 264 g/mol. The predicted octanol–water partition coefficient (Wildman–Crippen LogP) is 4.90. The maximum atomic E-state index is 5.64. The van der Waals surface area contributed by atoms with Crippen LogP contribution in [0, 0.1) is 13.8 Å². The van der Waals surface area contributed by atoms with Crippen LogP contribution in [-0.4, -0.2) is 22.1 Å². The summed E-state index contributed by atoms with van der Waals surface area (Å²) in [5.74, 6) is 0. The fraction of sp³-hybridized carbons (Fsp3) is 0.588. The first-order chi connectivity index (χ1) is 9.38. The highest BCUT2D eigenvalue weighted by molar-refractivity contribution is 7.80. The van der Waals surface area contributed by atoms with Crippen LogP contribution in [0.4, 0.5) is 5.69 Å². The van der Waals surface area contributed by atoms with Crippen molar-refractivity contribution in [3.05, 3.63) is 29.3 Å². The average Bonchev–Trinajstić information content (AvgIpc) is 2.37. The van der Waals surface area contributed by atoms with Gasteiger partial charge in [-0.3, -0.25) is 0 Å². The van der Waals surface area contributed by atoms with E-state index in [1.54, 1.807) is 0 Å². The second kappa shape index (κ2) is 7.63. The molecule has 0 radical (unpaired) electrons. The van der Waals surface area contributed by atoms with E-state index in [1.165, 1.54) is 11.1 Å². The summed E-state index contributed by atoms with van der Waals surface area (Å²) in [6.45, 7) is 13.1. The molecule has 0 saturated carbocycles. The van der Waals surface area contributed by atoms with Crippen LogP contribution in [0.3, 0.4) is 0 Å². The van der Waals surface area contributed by atoms with Gasteiger partial charge in [0.15, 0.2) is 5.11 Å². The van der Waals surface area contributed by atoms with Crippen LogP contribution in [-0.2, 0) is 0 Å². The molecule has 20 heavy (non-hydrogen) atoms. The average molecular weight is 292 g/mol. The molecule has 0 aliphatic carbocycles. The molecule has 2 unspecified atom stereocenters. The van der Waals surface area contributed by atoms with E-state index in [-0.39, 0.29) is 0 Å². The second-order valence-electron chi connectivity index (χ2n) is 5.73. The summed E-state index contributed by atoms with van der Waals surface area (Å²) in [5.41, 5.74) is 3.60. The number of nitrogens with one attached hydrogen (secondary N) is 1. The van der Waals surface area contributed by atoms with E-state index < -0.39 is 0 Å². The van der Waals surface area contributed by atoms with Crippen molar-refractivity contribution >= 4 is 23.0 Å². The highest BCUT2D eigenvalue weighted by Gasteiger charge is 2.20. The van der Waals surface area contributed by atoms with E-state index in [9.17, 15) is 0 Å². The number of nitrogens with zero attached hydrogens (tertiary/aromatic N) is 1. The Morgan fingerprint density at radius 1 is 1.05 bits per heavy atom. The van der Waals surface area contributed by atoms with Gasteiger partial charge in [0.2, 0.25) is 0 Å². The van der Waals surface area contributed by atoms with E-state index in [0.717, 1.165) is 23.6 Å². The molecule has 1 aromatic carbocycles. The molecule has 1 aromatic rings. The molecule has 1 rings (SSSR count). The lowest BCUT2D eigenvalue weighted by Gasteiger charge is -2.36. The largest absolute Gasteiger partial charge is 0.344 e. The van der Waals surface area contributed by atoms with Crippen molar-refractivity contribution in [2.45, 2.75) is 66.5 Å². The number of rotatable bonds is 5. The minimum absolute atomic E-state index is 0.454. The quantitative estimate of drug-likeness (QED) is 0.777. The molecule has 0 amide bonds. The van der Waals surface area contributed by atoms with Crippen molar-refractivity contribution in [1.29, 1.82) is 0 Å². The molecular formula is C17H28N2S. The SMILES string of the molecule is CCC(C)N(C(=S)Nc1cc(C)cc(C)c1)C(C)CC. The lowest BCUT2D eigenvalue weighted by molar-refractivity contribution is 0.254. The molecule has 0 fully saturated rings. The molecule has 0 spiro atoms. The maximum Gasteiger partial charge on any atom is 0.173 e. The van der Waals surface area contributed by atoms with Crippen LogP contribution in [0.5, 0.6) is 0 Å². The van der Waals surface area contributed by atoms with Gasteiger partial charge in [0.25, 0.3) is 0 Å². The van der Waals surface area contributed by atoms with E-state index >= 15 is 0 Å². The highest BCUT2D eigenvalue weighted by Crippen LogP contribution is 2.18. The lowest BCUT2D eigenvalue weighted by Crippen LogP contribution is -2.46. The number of hydrogen-bond donors (Lipinski definition) is 1. The van der Waals surface area contributed by atoms with Gasteiger partial charge in [-0.1, -0.05) is 19.9 Å². The molecule has 0 bridgehead atoms. The van der Waals surface area contributed by atoms with E-state index in [4.69, 9.17) is 12.2 Å². The van der Waals surface area contributed by atoms with Crippen LogP contribution < -0.4 is 5.32 Å². The van der Waals surface area contributed by atoms with Crippen LogP contribution in [0.2, 0.25) is 0 Å². The fourth-order valence-corrected chi connectivity index (χ4v) is 2.94. The fourth-order valence-electron chi connectivity index (χ4n) is 2.46. The number of hydrogen-bond acceptors (Lipinski definition) is 1. The summed E-state index contributed by atoms with van der Waals surface area (Å²) in [6, 6.07) is 7.37. The Kier molecular flexibility index (Phi) is 6.47. The molecule has 0 heterocycles. The normalized spacial score (nSPS) is 13.7. The molecule has 0 aromatic heterocycles. The standard InChI is InChI=1S/C17H28N2S/c1-7-14(5)19(15(6)8-2)17(20)18-16-10-12(3)9-13(4)11-16/h9-11,14-15H,7-8H2,1-6H3,(H,18,20). The van der Waals surface area contributed by atoms with Crippen LogP contribution in [0.25, 0.3) is 0 Å². The Morgan fingerprint density at radius 2 is 1.50 bits per heavy atom. The topological polar surface area (TPSA) is 15.3 Å². The Bertz CT molecular complexity index is 426. The second-order valence-corrected chi connectivity index (χ2v) is 6.12. The monoisotopic (exact) mass is 292 g/mol. The first-order valence-electron chi connectivity index (χ1n) is 7.56. The predicted molar refractivity (Wildman–Crippen MR) is 93.5 cm³/mol. The summed E-state index contributed by atoms with van der Waals surface area (Å²) in [6.07, 6.45) is 2.19. The molecule has 0 aliphatic rings. The zero-order valence-electron chi connectivity index (χ0n) is 13.7. The van der Waals surface area contributed by atoms with Crippen molar-refractivity contribution in [2.24, 2.45) is 0 Å². The minimum atomic E-state index is 0.454. The summed E-state index contributed by atoms with van der Waals surface area (Å²) < 4.78 is 0. The Morgan fingerprint density at radius 3 is 1.90 bits per heavy atom. The Balaban J connectivity index is 2.90. The van der Waals surface area contributed by atoms with Gasteiger partial charge in [0.05, 0.1) is 0 Å². The molecule has 3 heteroatoms. The van der Waals surface area contributed by atoms with E-state index in [1.807, 2.05) is 0 Å². The summed E-state index contributed by atoms with van der Waals surface area (Å²) in [5, 5.41) is 4.24. The van der Waals surface area contributed by atoms with Gasteiger partial charge >= 0.3 is 0 Å². The van der Waals surface area contributed by atoms with Crippen molar-refractivity contribution in [1.82, 2.24) is 4.90 Å². The number of anilines is 1. The highest BCUT2D eigenvalue weighted by atomic mass is 32.1. The van der Waals surface area contributed by atoms with Gasteiger partial charge < -0.3 is 10.2 Å². The number of benzene rings is 1. The lowest BCUT2D eigenvalue weighted by atomic mass is 10.1. The molecule has 0 saturated heterocycles. The van der Waals surface area contributed by atoms with E-state index in [0.29, 0.717) is 12.1 Å². The maximum absolute atomic E-state index is 5.64. The summed E-state index contributed by atoms with van der Waals surface area (Å²) in [7, 11) is 0. The summed E-state index contributed by atoms with van der Waals surface area (Å²) >= 11 is 5.64. The van der Waals surface area contributed by atoms with Gasteiger partial charge in [-0.2, -0.15) is 0 Å². The van der Waals surface area contributed by atoms with Crippen molar-refractivity contribution in [3.8, 4) is 0 Å². The smallest absolute Gasteiger partial charge is 0.173 e. The summed E-state index contributed by atoms with van der Waals surface area (Å²) in [4.78, 5) is 2.33. The molecule has 1 N–H and O–H groups in total. The third-order valence-electron chi connectivity index (χ3n) is 3.84. The third-order valence-corrected chi connectivity index (χ3v) is 4.15. The molecule has 2 atom stereocenters. The first kappa shape index (κ1) is 17.0. The molecule has 2 nitrogen and oxygen atoms in total. The van der Waals surface area contributed by atoms with Crippen LogP contribution in [0.1, 0.15) is 51.7 Å². The van der Waals surface area contributed by atoms with Gasteiger partial charge in [-0.15, -0.1) is 0 Å². The third kappa shape index (κ3) is 4.48. The number of aryl methyl sites for hydroxylation is 2. The Hall–Kier alpha value is -1.09. The van der Waals surface area contributed by atoms with Gasteiger partial charge in [-0.05, 0) is 76.0 Å². The zero-order chi connectivity index (χ0) is 15.3. The van der Waals surface area contributed by atoms with E-state index in [2.05, 4.69) is 70.0 Å². The van der Waals surface area contributed by atoms with Crippen molar-refractivity contribution in [3.63, 3.8) is 0 Å². The minimum Gasteiger partial charge on any atom is -0.344 e. The molecule has 112 valence electrons. The van der Waals surface area contributed by atoms with Gasteiger partial charge in [0, 0.05) is 17.8 Å². The zero-order valence-corrected chi connectivity index (χ0v) is 14.5. The van der Waals surface area contributed by atoms with Crippen molar-refractivity contribution in [2.75, 3.05) is 5.32 Å². The first-order valence-corrected chi connectivity index (χ1v) is 7.97. The van der Waals surface area contributed by atoms with Crippen molar-refractivity contribution < 1.29 is 0 Å². The van der Waals surface area contributed by atoms with Crippen LogP contribution >= 0.6 is 12.2 Å². The number of thiocarbonyl (C=S) groups is 1. The Labute approximate surface area is 129 Å². The van der Waals surface area contributed by atoms with Gasteiger partial charge in [0.1, 0.15) is 0 Å². The molecule has 0 aliphatic heterocycles. The van der Waals surface area contributed by atoms with Crippen LogP contribution in [0.15, 0.2) is 18.2 Å².